The molecule has 0 aliphatic rings. The van der Waals surface area contributed by atoms with Gasteiger partial charge in [0.05, 0.1) is 0 Å². The summed E-state index contributed by atoms with van der Waals surface area (Å²) in [4.78, 5) is 0. The van der Waals surface area contributed by atoms with Gasteiger partial charge in [0.15, 0.2) is 0 Å². The van der Waals surface area contributed by atoms with Crippen molar-refractivity contribution in [2.45, 2.75) is 31.0 Å². The number of rotatable bonds is 2. The summed E-state index contributed by atoms with van der Waals surface area (Å²) in [5.41, 5.74) is -4.06. The van der Waals surface area contributed by atoms with Gasteiger partial charge in [-0.05, 0) is 18.2 Å². The van der Waals surface area contributed by atoms with Gasteiger partial charge in [0.1, 0.15) is 0 Å². The van der Waals surface area contributed by atoms with Crippen LogP contribution in [0.25, 0.3) is 0 Å². The van der Waals surface area contributed by atoms with Gasteiger partial charge >= 0.3 is 5.51 Å². The lowest BCUT2D eigenvalue weighted by atomic mass is 10.4. The minimum atomic E-state index is -4.06. The van der Waals surface area contributed by atoms with Crippen molar-refractivity contribution in [1.82, 2.24) is 0 Å². The zero-order valence-corrected chi connectivity index (χ0v) is 6.14. The fourth-order valence-corrected chi connectivity index (χ4v) is 0.934. The summed E-state index contributed by atoms with van der Waals surface area (Å²) in [6, 6.07) is 0. The summed E-state index contributed by atoms with van der Waals surface area (Å²) < 4.78 is 34.4. The third kappa shape index (κ3) is 6.02. The second-order valence-corrected chi connectivity index (χ2v) is 3.29. The standard InChI is InChI=1S/C5H9F3S/c1-3-4(2)9-5(6,7)8/h4H,3H2,1-2H3. The summed E-state index contributed by atoms with van der Waals surface area (Å²) in [5.74, 6) is 0. The Bertz CT molecular complexity index is 78.8. The Morgan fingerprint density at radius 3 is 2.00 bits per heavy atom. The largest absolute Gasteiger partial charge is 0.442 e. The Hall–Kier alpha value is 0.140. The van der Waals surface area contributed by atoms with Crippen molar-refractivity contribution in [3.8, 4) is 0 Å². The Balaban J connectivity index is 3.47. The maximum absolute atomic E-state index is 11.5. The molecule has 1 unspecified atom stereocenters. The smallest absolute Gasteiger partial charge is 0.160 e. The van der Waals surface area contributed by atoms with Crippen molar-refractivity contribution in [2.24, 2.45) is 0 Å². The van der Waals surface area contributed by atoms with E-state index in [9.17, 15) is 13.2 Å². The van der Waals surface area contributed by atoms with E-state index in [4.69, 9.17) is 0 Å². The van der Waals surface area contributed by atoms with Gasteiger partial charge in [-0.1, -0.05) is 13.8 Å². The highest BCUT2D eigenvalue weighted by Gasteiger charge is 2.30. The molecule has 0 heterocycles. The van der Waals surface area contributed by atoms with E-state index < -0.39 is 5.51 Å². The minimum Gasteiger partial charge on any atom is -0.160 e. The first-order valence-corrected chi connectivity index (χ1v) is 3.58. The van der Waals surface area contributed by atoms with Crippen LogP contribution >= 0.6 is 11.8 Å². The highest BCUT2D eigenvalue weighted by molar-refractivity contribution is 8.00. The summed E-state index contributed by atoms with van der Waals surface area (Å²) in [6.45, 7) is 3.31. The molecule has 0 aromatic carbocycles. The van der Waals surface area contributed by atoms with Crippen LogP contribution < -0.4 is 0 Å². The molecule has 9 heavy (non-hydrogen) atoms. The van der Waals surface area contributed by atoms with Crippen LogP contribution in [0, 0.1) is 0 Å². The first-order chi connectivity index (χ1) is 3.95. The summed E-state index contributed by atoms with van der Waals surface area (Å²) in [7, 11) is 0. The van der Waals surface area contributed by atoms with Gasteiger partial charge < -0.3 is 0 Å². The van der Waals surface area contributed by atoms with Crippen LogP contribution in [0.3, 0.4) is 0 Å². The third-order valence-corrected chi connectivity index (χ3v) is 1.91. The van der Waals surface area contributed by atoms with E-state index in [2.05, 4.69) is 0 Å². The first-order valence-electron chi connectivity index (χ1n) is 2.70. The van der Waals surface area contributed by atoms with E-state index in [-0.39, 0.29) is 17.0 Å². The number of hydrogen-bond donors (Lipinski definition) is 0. The third-order valence-electron chi connectivity index (χ3n) is 0.910. The lowest BCUT2D eigenvalue weighted by Crippen LogP contribution is -2.07. The molecule has 0 amide bonds. The molecular weight excluding hydrogens is 149 g/mol. The maximum Gasteiger partial charge on any atom is 0.442 e. The number of thioether (sulfide) groups is 1. The van der Waals surface area contributed by atoms with E-state index in [1.54, 1.807) is 13.8 Å². The molecule has 0 aliphatic carbocycles. The second kappa shape index (κ2) is 3.34. The predicted molar refractivity (Wildman–Crippen MR) is 33.4 cm³/mol. The Labute approximate surface area is 56.8 Å². The molecule has 0 N–H and O–H groups in total. The molecule has 0 spiro atoms. The Kier molecular flexibility index (Phi) is 3.40. The van der Waals surface area contributed by atoms with Gasteiger partial charge in [-0.25, -0.2) is 0 Å². The molecule has 0 nitrogen and oxygen atoms in total. The molecule has 0 aliphatic heterocycles. The second-order valence-electron chi connectivity index (χ2n) is 1.78. The Morgan fingerprint density at radius 1 is 1.44 bits per heavy atom. The van der Waals surface area contributed by atoms with Crippen molar-refractivity contribution in [1.29, 1.82) is 0 Å². The molecule has 0 rings (SSSR count). The van der Waals surface area contributed by atoms with Crippen molar-refractivity contribution in [3.05, 3.63) is 0 Å². The quantitative estimate of drug-likeness (QED) is 0.595. The van der Waals surface area contributed by atoms with Crippen LogP contribution in [0.1, 0.15) is 20.3 Å². The monoisotopic (exact) mass is 158 g/mol. The molecule has 4 heteroatoms. The lowest BCUT2D eigenvalue weighted by molar-refractivity contribution is -0.0333. The number of halogens is 3. The average molecular weight is 158 g/mol. The van der Waals surface area contributed by atoms with Gasteiger partial charge in [-0.2, -0.15) is 13.2 Å². The average Bonchev–Trinajstić information content (AvgIpc) is 1.62. The van der Waals surface area contributed by atoms with E-state index in [1.807, 2.05) is 0 Å². The Morgan fingerprint density at radius 2 is 1.89 bits per heavy atom. The van der Waals surface area contributed by atoms with Crippen LogP contribution in [0.2, 0.25) is 0 Å². The van der Waals surface area contributed by atoms with Gasteiger partial charge in [0, 0.05) is 5.25 Å². The zero-order chi connectivity index (χ0) is 7.49. The van der Waals surface area contributed by atoms with E-state index in [0.717, 1.165) is 0 Å². The highest BCUT2D eigenvalue weighted by atomic mass is 32.2. The van der Waals surface area contributed by atoms with Crippen molar-refractivity contribution >= 4 is 11.8 Å². The van der Waals surface area contributed by atoms with Gasteiger partial charge in [-0.3, -0.25) is 0 Å². The molecule has 0 fully saturated rings. The molecule has 0 bridgehead atoms. The van der Waals surface area contributed by atoms with Crippen LogP contribution in [-0.4, -0.2) is 10.8 Å². The summed E-state index contributed by atoms with van der Waals surface area (Å²) >= 11 is 0.0567. The van der Waals surface area contributed by atoms with Gasteiger partial charge in [-0.15, -0.1) is 0 Å². The summed E-state index contributed by atoms with van der Waals surface area (Å²) in [6.07, 6.45) is 0.560. The molecule has 56 valence electrons. The molecular formula is C5H9F3S. The maximum atomic E-state index is 11.5. The van der Waals surface area contributed by atoms with Crippen molar-refractivity contribution < 1.29 is 13.2 Å². The van der Waals surface area contributed by atoms with Crippen molar-refractivity contribution in [2.75, 3.05) is 0 Å². The van der Waals surface area contributed by atoms with Gasteiger partial charge in [0.25, 0.3) is 0 Å². The normalized spacial score (nSPS) is 15.7. The molecule has 0 saturated carbocycles. The van der Waals surface area contributed by atoms with Crippen molar-refractivity contribution in [3.63, 3.8) is 0 Å². The topological polar surface area (TPSA) is 0 Å². The predicted octanol–water partition coefficient (Wildman–Crippen LogP) is 3.04. The molecule has 0 aromatic heterocycles. The van der Waals surface area contributed by atoms with Crippen LogP contribution in [-0.2, 0) is 0 Å². The van der Waals surface area contributed by atoms with E-state index in [0.29, 0.717) is 6.42 Å². The SMILES string of the molecule is CCC(C)SC(F)(F)F. The van der Waals surface area contributed by atoms with Gasteiger partial charge in [0.2, 0.25) is 0 Å². The van der Waals surface area contributed by atoms with Crippen LogP contribution in [0.5, 0.6) is 0 Å². The zero-order valence-electron chi connectivity index (χ0n) is 5.33. The fourth-order valence-electron chi connectivity index (χ4n) is 0.311. The fraction of sp³-hybridized carbons (Fsp3) is 1.00. The number of alkyl halides is 3. The van der Waals surface area contributed by atoms with Crippen LogP contribution in [0.15, 0.2) is 0 Å². The first kappa shape index (κ1) is 9.14. The molecule has 1 atom stereocenters. The highest BCUT2D eigenvalue weighted by Crippen LogP contribution is 2.34. The van der Waals surface area contributed by atoms with E-state index in [1.165, 1.54) is 0 Å². The van der Waals surface area contributed by atoms with Crippen LogP contribution in [0.4, 0.5) is 13.2 Å². The molecule has 0 saturated heterocycles. The number of hydrogen-bond acceptors (Lipinski definition) is 1. The minimum absolute atomic E-state index is 0.0567. The van der Waals surface area contributed by atoms with E-state index >= 15 is 0 Å². The summed E-state index contributed by atoms with van der Waals surface area (Å²) in [5, 5.41) is -0.315. The molecule has 0 aromatic rings. The lowest BCUT2D eigenvalue weighted by Gasteiger charge is -2.09. The molecule has 0 radical (unpaired) electrons.